The Labute approximate surface area is 231 Å². The van der Waals surface area contributed by atoms with Crippen molar-refractivity contribution in [2.75, 3.05) is 6.54 Å². The minimum atomic E-state index is -1.70. The van der Waals surface area contributed by atoms with Crippen molar-refractivity contribution >= 4 is 23.8 Å². The van der Waals surface area contributed by atoms with Crippen molar-refractivity contribution in [3.63, 3.8) is 0 Å². The minimum absolute atomic E-state index is 0.0306. The number of carbonyl (C=O) groups is 4. The summed E-state index contributed by atoms with van der Waals surface area (Å²) in [5.74, 6) is -4.36. The molecule has 212 valence electrons. The maximum atomic E-state index is 12.6. The van der Waals surface area contributed by atoms with Gasteiger partial charge in [-0.1, -0.05) is 107 Å². The molecule has 0 aliphatic heterocycles. The topological polar surface area (TPSA) is 133 Å². The molecule has 0 radical (unpaired) electrons. The lowest BCUT2D eigenvalue weighted by Crippen LogP contribution is -2.51. The fourth-order valence-electron chi connectivity index (χ4n) is 4.75. The number of amides is 2. The van der Waals surface area contributed by atoms with E-state index in [0.29, 0.717) is 23.2 Å². The van der Waals surface area contributed by atoms with Gasteiger partial charge in [0.1, 0.15) is 0 Å². The second kappa shape index (κ2) is 17.0. The number of carboxylic acids is 2. The Morgan fingerprint density at radius 2 is 1.31 bits per heavy atom. The maximum Gasteiger partial charge on any atom is 0.394 e. The van der Waals surface area contributed by atoms with Gasteiger partial charge < -0.3 is 20.8 Å². The Balaban J connectivity index is 1.93. The first-order valence-electron chi connectivity index (χ1n) is 14.0. The Morgan fingerprint density at radius 1 is 0.744 bits per heavy atom. The van der Waals surface area contributed by atoms with E-state index in [2.05, 4.69) is 17.6 Å². The van der Waals surface area contributed by atoms with Crippen molar-refractivity contribution in [2.45, 2.75) is 89.5 Å². The van der Waals surface area contributed by atoms with E-state index in [1.807, 2.05) is 0 Å². The van der Waals surface area contributed by atoms with E-state index < -0.39 is 29.8 Å². The normalized spacial score (nSPS) is 12.3. The highest BCUT2D eigenvalue weighted by Crippen LogP contribution is 2.30. The highest BCUT2D eigenvalue weighted by atomic mass is 16.4. The molecule has 0 saturated carbocycles. The third-order valence-electron chi connectivity index (χ3n) is 6.86. The fourth-order valence-corrected chi connectivity index (χ4v) is 4.75. The van der Waals surface area contributed by atoms with E-state index in [1.54, 1.807) is 54.6 Å². The molecule has 4 N–H and O–H groups in total. The molecule has 0 bridgehead atoms. The lowest BCUT2D eigenvalue weighted by molar-refractivity contribution is -0.152. The number of unbranched alkanes of at least 4 members (excludes halogenated alkanes) is 9. The van der Waals surface area contributed by atoms with Crippen LogP contribution in [0, 0.1) is 0 Å². The molecule has 0 aliphatic carbocycles. The van der Waals surface area contributed by atoms with Crippen molar-refractivity contribution in [3.8, 4) is 0 Å². The van der Waals surface area contributed by atoms with Crippen LogP contribution in [0.3, 0.4) is 0 Å². The molecule has 0 fully saturated rings. The molecular formula is C31H42N2O6. The Hall–Kier alpha value is -3.68. The summed E-state index contributed by atoms with van der Waals surface area (Å²) in [7, 11) is 0. The molecule has 0 saturated heterocycles. The number of rotatable bonds is 18. The predicted molar refractivity (Wildman–Crippen MR) is 150 cm³/mol. The van der Waals surface area contributed by atoms with Crippen LogP contribution in [0.4, 0.5) is 0 Å². The molecule has 0 aliphatic rings. The number of aliphatic carboxylic acids is 2. The van der Waals surface area contributed by atoms with Crippen LogP contribution in [0.2, 0.25) is 0 Å². The fraction of sp³-hybridized carbons (Fsp3) is 0.484. The molecule has 1 unspecified atom stereocenters. The molecular weight excluding hydrogens is 496 g/mol. The average molecular weight is 539 g/mol. The second-order valence-electron chi connectivity index (χ2n) is 10.1. The number of benzene rings is 2. The zero-order chi connectivity index (χ0) is 28.5. The molecule has 2 aromatic rings. The zero-order valence-corrected chi connectivity index (χ0v) is 22.9. The maximum absolute atomic E-state index is 12.6. The van der Waals surface area contributed by atoms with Gasteiger partial charge in [-0.2, -0.15) is 0 Å². The van der Waals surface area contributed by atoms with Crippen LogP contribution in [-0.2, 0) is 26.3 Å². The summed E-state index contributed by atoms with van der Waals surface area (Å²) in [5.41, 5.74) is 0.114. The highest BCUT2D eigenvalue weighted by molar-refractivity contribution is 6.31. The monoisotopic (exact) mass is 538 g/mol. The Kier molecular flexibility index (Phi) is 13.8. The number of carbonyl (C=O) groups excluding carboxylic acids is 2. The molecule has 0 aromatic heterocycles. The van der Waals surface area contributed by atoms with E-state index >= 15 is 0 Å². The van der Waals surface area contributed by atoms with Gasteiger partial charge >= 0.3 is 17.8 Å². The van der Waals surface area contributed by atoms with Gasteiger partial charge in [-0.05, 0) is 29.7 Å². The number of hydrogen-bond acceptors (Lipinski definition) is 4. The lowest BCUT2D eigenvalue weighted by atomic mass is 9.80. The van der Waals surface area contributed by atoms with Gasteiger partial charge in [0.05, 0.1) is 12.0 Å². The van der Waals surface area contributed by atoms with Crippen LogP contribution in [0.25, 0.3) is 0 Å². The summed E-state index contributed by atoms with van der Waals surface area (Å²) < 4.78 is 0. The first-order valence-corrected chi connectivity index (χ1v) is 14.0. The SMILES string of the molecule is CCCCCCCCCCCCNC(=O)c1ccc(CC(CC(=O)O)(NC(=O)C(=O)O)c2ccccc2)cc1. The van der Waals surface area contributed by atoms with Gasteiger partial charge in [0.25, 0.3) is 5.91 Å². The Morgan fingerprint density at radius 3 is 1.85 bits per heavy atom. The quantitative estimate of drug-likeness (QED) is 0.147. The summed E-state index contributed by atoms with van der Waals surface area (Å²) in [6, 6.07) is 15.1. The molecule has 2 rings (SSSR count). The third-order valence-corrected chi connectivity index (χ3v) is 6.86. The average Bonchev–Trinajstić information content (AvgIpc) is 2.92. The van der Waals surface area contributed by atoms with Crippen LogP contribution in [-0.4, -0.2) is 40.5 Å². The molecule has 0 heterocycles. The van der Waals surface area contributed by atoms with Gasteiger partial charge in [-0.25, -0.2) is 4.79 Å². The molecule has 8 nitrogen and oxygen atoms in total. The predicted octanol–water partition coefficient (Wildman–Crippen LogP) is 5.45. The van der Waals surface area contributed by atoms with Crippen molar-refractivity contribution in [1.29, 1.82) is 0 Å². The third kappa shape index (κ3) is 11.3. The molecule has 39 heavy (non-hydrogen) atoms. The van der Waals surface area contributed by atoms with Gasteiger partial charge in [-0.3, -0.25) is 14.4 Å². The lowest BCUT2D eigenvalue weighted by Gasteiger charge is -2.34. The van der Waals surface area contributed by atoms with E-state index in [9.17, 15) is 24.3 Å². The van der Waals surface area contributed by atoms with Crippen molar-refractivity contribution < 1.29 is 29.4 Å². The summed E-state index contributed by atoms with van der Waals surface area (Å²) in [6.07, 6.45) is 11.8. The van der Waals surface area contributed by atoms with Crippen LogP contribution in [0.15, 0.2) is 54.6 Å². The van der Waals surface area contributed by atoms with Crippen molar-refractivity contribution in [3.05, 3.63) is 71.3 Å². The molecule has 2 aromatic carbocycles. The van der Waals surface area contributed by atoms with E-state index in [-0.39, 0.29) is 12.3 Å². The number of hydrogen-bond donors (Lipinski definition) is 4. The summed E-state index contributed by atoms with van der Waals surface area (Å²) in [5, 5.41) is 24.1. The summed E-state index contributed by atoms with van der Waals surface area (Å²) in [6.45, 7) is 2.83. The number of carboxylic acid groups (broad SMARTS) is 2. The van der Waals surface area contributed by atoms with E-state index in [0.717, 1.165) is 12.8 Å². The summed E-state index contributed by atoms with van der Waals surface area (Å²) in [4.78, 5) is 47.8. The first-order chi connectivity index (χ1) is 18.8. The van der Waals surface area contributed by atoms with Crippen LogP contribution < -0.4 is 10.6 Å². The van der Waals surface area contributed by atoms with Crippen LogP contribution in [0.1, 0.15) is 99.0 Å². The standard InChI is InChI=1S/C31H42N2O6/c1-2-3-4-5-6-7-8-9-10-14-21-32-28(36)25-19-17-24(18-20-25)22-31(23-27(34)35,33-29(37)30(38)39)26-15-12-11-13-16-26/h11-13,15-20H,2-10,14,21-23H2,1H3,(H,32,36)(H,33,37)(H,34,35)(H,38,39). The highest BCUT2D eigenvalue weighted by Gasteiger charge is 2.38. The van der Waals surface area contributed by atoms with Gasteiger partial charge in [0.15, 0.2) is 0 Å². The molecule has 1 atom stereocenters. The van der Waals surface area contributed by atoms with Crippen molar-refractivity contribution in [1.82, 2.24) is 10.6 Å². The smallest absolute Gasteiger partial charge is 0.394 e. The zero-order valence-electron chi connectivity index (χ0n) is 22.9. The van der Waals surface area contributed by atoms with E-state index in [1.165, 1.54) is 51.4 Å². The summed E-state index contributed by atoms with van der Waals surface area (Å²) >= 11 is 0. The second-order valence-corrected chi connectivity index (χ2v) is 10.1. The molecule has 0 spiro atoms. The van der Waals surface area contributed by atoms with Crippen molar-refractivity contribution in [2.24, 2.45) is 0 Å². The Bertz CT molecular complexity index is 1050. The van der Waals surface area contributed by atoms with E-state index in [4.69, 9.17) is 5.11 Å². The van der Waals surface area contributed by atoms with Gasteiger partial charge in [-0.15, -0.1) is 0 Å². The minimum Gasteiger partial charge on any atom is -0.481 e. The van der Waals surface area contributed by atoms with Crippen LogP contribution in [0.5, 0.6) is 0 Å². The van der Waals surface area contributed by atoms with Crippen LogP contribution >= 0.6 is 0 Å². The molecule has 2 amide bonds. The number of nitrogens with one attached hydrogen (secondary N) is 2. The van der Waals surface area contributed by atoms with Gasteiger partial charge in [0, 0.05) is 18.5 Å². The van der Waals surface area contributed by atoms with Gasteiger partial charge in [0.2, 0.25) is 0 Å². The largest absolute Gasteiger partial charge is 0.481 e. The first kappa shape index (κ1) is 31.5. The molecule has 8 heteroatoms.